The average molecular weight is 648 g/mol. The quantitative estimate of drug-likeness (QED) is 0.207. The minimum atomic E-state index is -1.26. The van der Waals surface area contributed by atoms with E-state index in [9.17, 15) is 18.4 Å². The van der Waals surface area contributed by atoms with Gasteiger partial charge >= 0.3 is 0 Å². The number of aryl methyl sites for hydroxylation is 1. The largest absolute Gasteiger partial charge is 0.448 e. The predicted octanol–water partition coefficient (Wildman–Crippen LogP) is 6.54. The molecule has 0 aliphatic carbocycles. The first-order chi connectivity index (χ1) is 19.5. The van der Waals surface area contributed by atoms with Gasteiger partial charge in [-0.25, -0.2) is 18.2 Å². The van der Waals surface area contributed by atoms with Gasteiger partial charge in [0.25, 0.3) is 11.5 Å². The molecule has 12 heteroatoms. The number of amides is 1. The maximum absolute atomic E-state index is 15.0. The summed E-state index contributed by atoms with van der Waals surface area (Å²) in [7, 11) is 0. The standard InChI is InChI=1S/C29H26BrF3N4O3S/c1-14(2)25(36(11-10-34)28(38)18-7-4-15(3)22(32)23(18)33)27-35-24-19-12-16(31)5-8-20(19)40-26(24)29(39)37(27)13-17-6-9-21(30)41-17/h4-9,12,14,25H,10-11,13,34H2,1-3H3/t25-/m1/s1. The molecule has 0 fully saturated rings. The molecule has 0 aliphatic rings. The molecule has 5 rings (SSSR count). The Kier molecular flexibility index (Phi) is 8.09. The van der Waals surface area contributed by atoms with Crippen LogP contribution in [0.3, 0.4) is 0 Å². The van der Waals surface area contributed by atoms with Gasteiger partial charge in [-0.15, -0.1) is 11.3 Å². The SMILES string of the molecule is Cc1ccc(C(=O)N(CCN)[C@@H](c2nc3c(oc4ccc(F)cc43)c(=O)n2Cc2ccc(Br)s2)C(C)C)c(F)c1F. The molecule has 0 aliphatic heterocycles. The number of thiophene rings is 1. The minimum absolute atomic E-state index is 0.00905. The number of nitrogens with two attached hydrogens (primary N) is 1. The molecule has 2 aromatic carbocycles. The molecule has 5 aromatic rings. The average Bonchev–Trinajstić information content (AvgIpc) is 3.51. The van der Waals surface area contributed by atoms with Crippen molar-refractivity contribution in [2.45, 2.75) is 33.4 Å². The van der Waals surface area contributed by atoms with Crippen LogP contribution in [-0.4, -0.2) is 33.4 Å². The Balaban J connectivity index is 1.77. The Morgan fingerprint density at radius 1 is 1.15 bits per heavy atom. The molecular formula is C29H26BrF3N4O3S. The van der Waals surface area contributed by atoms with Crippen molar-refractivity contribution < 1.29 is 22.4 Å². The lowest BCUT2D eigenvalue weighted by molar-refractivity contribution is 0.0606. The molecule has 0 saturated heterocycles. The van der Waals surface area contributed by atoms with Crippen molar-refractivity contribution in [3.05, 3.63) is 95.9 Å². The van der Waals surface area contributed by atoms with E-state index in [1.807, 2.05) is 26.0 Å². The molecule has 214 valence electrons. The normalized spacial score (nSPS) is 12.5. The van der Waals surface area contributed by atoms with Gasteiger partial charge in [0, 0.05) is 23.4 Å². The van der Waals surface area contributed by atoms with Gasteiger partial charge < -0.3 is 15.1 Å². The third kappa shape index (κ3) is 5.31. The first-order valence-corrected chi connectivity index (χ1v) is 14.4. The van der Waals surface area contributed by atoms with E-state index < -0.39 is 40.5 Å². The highest BCUT2D eigenvalue weighted by Crippen LogP contribution is 2.34. The fourth-order valence-corrected chi connectivity index (χ4v) is 6.43. The van der Waals surface area contributed by atoms with Crippen molar-refractivity contribution in [3.8, 4) is 0 Å². The van der Waals surface area contributed by atoms with Gasteiger partial charge in [0.1, 0.15) is 22.7 Å². The van der Waals surface area contributed by atoms with E-state index in [2.05, 4.69) is 15.9 Å². The highest BCUT2D eigenvalue weighted by Gasteiger charge is 2.35. The molecular weight excluding hydrogens is 621 g/mol. The number of halogens is 4. The van der Waals surface area contributed by atoms with E-state index in [0.717, 1.165) is 8.66 Å². The van der Waals surface area contributed by atoms with Crippen LogP contribution >= 0.6 is 27.3 Å². The van der Waals surface area contributed by atoms with E-state index in [4.69, 9.17) is 15.1 Å². The number of aromatic nitrogens is 2. The van der Waals surface area contributed by atoms with Crippen molar-refractivity contribution in [2.24, 2.45) is 11.7 Å². The lowest BCUT2D eigenvalue weighted by Gasteiger charge is -2.35. The van der Waals surface area contributed by atoms with E-state index in [1.165, 1.54) is 58.1 Å². The van der Waals surface area contributed by atoms with Crippen molar-refractivity contribution in [1.29, 1.82) is 0 Å². The Labute approximate surface area is 245 Å². The smallest absolute Gasteiger partial charge is 0.297 e. The number of nitrogens with zero attached hydrogens (tertiary/aromatic N) is 3. The fraction of sp³-hybridized carbons (Fsp3) is 0.276. The van der Waals surface area contributed by atoms with Crippen LogP contribution in [-0.2, 0) is 6.54 Å². The third-order valence-electron chi connectivity index (χ3n) is 6.88. The Morgan fingerprint density at radius 2 is 1.90 bits per heavy atom. The van der Waals surface area contributed by atoms with Crippen molar-refractivity contribution in [3.63, 3.8) is 0 Å². The lowest BCUT2D eigenvalue weighted by Crippen LogP contribution is -2.44. The van der Waals surface area contributed by atoms with Crippen LogP contribution in [0.25, 0.3) is 22.1 Å². The van der Waals surface area contributed by atoms with Crippen molar-refractivity contribution in [2.75, 3.05) is 13.1 Å². The molecule has 1 atom stereocenters. The highest BCUT2D eigenvalue weighted by atomic mass is 79.9. The van der Waals surface area contributed by atoms with Gasteiger partial charge in [-0.05, 0) is 70.7 Å². The van der Waals surface area contributed by atoms with Crippen molar-refractivity contribution in [1.82, 2.24) is 14.5 Å². The Bertz CT molecular complexity index is 1850. The van der Waals surface area contributed by atoms with Gasteiger partial charge in [-0.3, -0.25) is 14.2 Å². The predicted molar refractivity (Wildman–Crippen MR) is 156 cm³/mol. The zero-order valence-corrected chi connectivity index (χ0v) is 24.8. The molecule has 41 heavy (non-hydrogen) atoms. The molecule has 3 heterocycles. The summed E-state index contributed by atoms with van der Waals surface area (Å²) in [6, 6.07) is 9.24. The summed E-state index contributed by atoms with van der Waals surface area (Å²) in [6.45, 7) is 5.12. The van der Waals surface area contributed by atoms with Crippen LogP contribution in [0.2, 0.25) is 0 Å². The van der Waals surface area contributed by atoms with Crippen LogP contribution in [0.4, 0.5) is 13.2 Å². The van der Waals surface area contributed by atoms with Gasteiger partial charge in [0.15, 0.2) is 11.6 Å². The molecule has 0 unspecified atom stereocenters. The summed E-state index contributed by atoms with van der Waals surface area (Å²) < 4.78 is 51.8. The maximum atomic E-state index is 15.0. The Morgan fingerprint density at radius 3 is 2.56 bits per heavy atom. The highest BCUT2D eigenvalue weighted by molar-refractivity contribution is 9.11. The number of carbonyl (C=O) groups excluding carboxylic acids is 1. The van der Waals surface area contributed by atoms with E-state index in [0.29, 0.717) is 5.39 Å². The molecule has 1 amide bonds. The summed E-state index contributed by atoms with van der Waals surface area (Å²) in [5, 5.41) is 0.301. The topological polar surface area (TPSA) is 94.4 Å². The van der Waals surface area contributed by atoms with Gasteiger partial charge in [0.2, 0.25) is 5.58 Å². The molecule has 7 nitrogen and oxygen atoms in total. The Hall–Kier alpha value is -3.48. The molecule has 0 spiro atoms. The van der Waals surface area contributed by atoms with Gasteiger partial charge in [0.05, 0.1) is 21.9 Å². The zero-order chi connectivity index (χ0) is 29.6. The second-order valence-electron chi connectivity index (χ2n) is 10.0. The summed E-state index contributed by atoms with van der Waals surface area (Å²) in [6.07, 6.45) is 0. The second-order valence-corrected chi connectivity index (χ2v) is 12.6. The number of rotatable bonds is 8. The summed E-state index contributed by atoms with van der Waals surface area (Å²) in [5.41, 5.74) is 5.34. The van der Waals surface area contributed by atoms with Crippen molar-refractivity contribution >= 4 is 55.2 Å². The van der Waals surface area contributed by atoms with Gasteiger partial charge in [-0.1, -0.05) is 19.9 Å². The van der Waals surface area contributed by atoms with Crippen LogP contribution in [0, 0.1) is 30.3 Å². The fourth-order valence-electron chi connectivity index (χ4n) is 4.95. The van der Waals surface area contributed by atoms with Crippen LogP contribution in [0.15, 0.2) is 55.5 Å². The first kappa shape index (κ1) is 29.0. The number of fused-ring (bicyclic) bond motifs is 3. The van der Waals surface area contributed by atoms with E-state index in [1.54, 1.807) is 0 Å². The maximum Gasteiger partial charge on any atom is 0.297 e. The number of furan rings is 1. The summed E-state index contributed by atoms with van der Waals surface area (Å²) in [5.74, 6) is -3.88. The second kappa shape index (κ2) is 11.4. The molecule has 3 aromatic heterocycles. The van der Waals surface area contributed by atoms with Gasteiger partial charge in [-0.2, -0.15) is 0 Å². The molecule has 0 saturated carbocycles. The van der Waals surface area contributed by atoms with Crippen LogP contribution < -0.4 is 11.3 Å². The third-order valence-corrected chi connectivity index (χ3v) is 8.49. The lowest BCUT2D eigenvalue weighted by atomic mass is 9.99. The number of hydrogen-bond acceptors (Lipinski definition) is 6. The summed E-state index contributed by atoms with van der Waals surface area (Å²) >= 11 is 4.86. The van der Waals surface area contributed by atoms with E-state index in [-0.39, 0.29) is 53.6 Å². The zero-order valence-electron chi connectivity index (χ0n) is 22.4. The number of carbonyl (C=O) groups is 1. The molecule has 2 N–H and O–H groups in total. The molecule has 0 bridgehead atoms. The van der Waals surface area contributed by atoms with Crippen LogP contribution in [0.5, 0.6) is 0 Å². The number of hydrogen-bond donors (Lipinski definition) is 1. The monoisotopic (exact) mass is 646 g/mol. The molecule has 0 radical (unpaired) electrons. The van der Waals surface area contributed by atoms with E-state index >= 15 is 4.39 Å². The van der Waals surface area contributed by atoms with Crippen LogP contribution in [0.1, 0.15) is 46.5 Å². The number of benzene rings is 2. The summed E-state index contributed by atoms with van der Waals surface area (Å²) in [4.78, 5) is 34.8. The first-order valence-electron chi connectivity index (χ1n) is 12.8. The minimum Gasteiger partial charge on any atom is -0.448 e.